The van der Waals surface area contributed by atoms with E-state index in [0.717, 1.165) is 6.20 Å². The van der Waals surface area contributed by atoms with Crippen molar-refractivity contribution in [2.24, 2.45) is 0 Å². The highest BCUT2D eigenvalue weighted by Crippen LogP contribution is 2.19. The first-order valence-electron chi connectivity index (χ1n) is 5.92. The molecular formula is C11H14F2N4O4. The van der Waals surface area contributed by atoms with Crippen molar-refractivity contribution in [2.75, 3.05) is 32.1 Å². The van der Waals surface area contributed by atoms with Gasteiger partial charge in [0.15, 0.2) is 0 Å². The molecule has 0 aromatic carbocycles. The fraction of sp³-hybridized carbons (Fsp3) is 0.455. The average Bonchev–Trinajstić information content (AvgIpc) is 2.45. The normalized spacial score (nSPS) is 10.5. The maximum Gasteiger partial charge on any atom is 0.300 e. The second-order valence-corrected chi connectivity index (χ2v) is 3.82. The molecule has 0 saturated carbocycles. The molecule has 1 amide bonds. The van der Waals surface area contributed by atoms with Crippen molar-refractivity contribution in [1.82, 2.24) is 10.3 Å². The van der Waals surface area contributed by atoms with Gasteiger partial charge in [-0.15, -0.1) is 0 Å². The van der Waals surface area contributed by atoms with Gasteiger partial charge in [0.05, 0.1) is 11.5 Å². The summed E-state index contributed by atoms with van der Waals surface area (Å²) >= 11 is 0. The van der Waals surface area contributed by atoms with Crippen LogP contribution in [0.25, 0.3) is 0 Å². The highest BCUT2D eigenvalue weighted by atomic mass is 19.3. The van der Waals surface area contributed by atoms with Crippen LogP contribution in [0.1, 0.15) is 10.4 Å². The van der Waals surface area contributed by atoms with Gasteiger partial charge in [0, 0.05) is 19.7 Å². The number of hydrogen-bond acceptors (Lipinski definition) is 6. The van der Waals surface area contributed by atoms with Crippen LogP contribution in [0.5, 0.6) is 0 Å². The summed E-state index contributed by atoms with van der Waals surface area (Å²) < 4.78 is 28.2. The monoisotopic (exact) mass is 304 g/mol. The van der Waals surface area contributed by atoms with Gasteiger partial charge in [-0.3, -0.25) is 14.9 Å². The Kier molecular flexibility index (Phi) is 6.40. The van der Waals surface area contributed by atoms with Crippen molar-refractivity contribution >= 4 is 17.4 Å². The van der Waals surface area contributed by atoms with Gasteiger partial charge >= 0.3 is 0 Å². The summed E-state index contributed by atoms with van der Waals surface area (Å²) in [6.07, 6.45) is -1.62. The molecule has 0 bridgehead atoms. The SMILES string of the molecule is CNc1cc(C(=O)NCCOCC(F)F)c([N+](=O)[O-])cn1. The lowest BCUT2D eigenvalue weighted by Gasteiger charge is -2.07. The van der Waals surface area contributed by atoms with Crippen molar-refractivity contribution in [3.8, 4) is 0 Å². The zero-order valence-electron chi connectivity index (χ0n) is 11.1. The fourth-order valence-corrected chi connectivity index (χ4v) is 1.42. The lowest BCUT2D eigenvalue weighted by Crippen LogP contribution is -2.28. The molecule has 10 heteroatoms. The van der Waals surface area contributed by atoms with E-state index in [1.807, 2.05) is 0 Å². The number of carbonyl (C=O) groups is 1. The smallest absolute Gasteiger partial charge is 0.300 e. The first-order chi connectivity index (χ1) is 9.95. The first kappa shape index (κ1) is 16.7. The number of nitrogens with one attached hydrogen (secondary N) is 2. The summed E-state index contributed by atoms with van der Waals surface area (Å²) in [6.45, 7) is -0.886. The Labute approximate surface area is 118 Å². The number of hydrogen-bond donors (Lipinski definition) is 2. The number of aromatic nitrogens is 1. The molecule has 0 aliphatic heterocycles. The van der Waals surface area contributed by atoms with E-state index < -0.39 is 29.6 Å². The van der Waals surface area contributed by atoms with E-state index in [-0.39, 0.29) is 18.7 Å². The van der Waals surface area contributed by atoms with Crippen LogP contribution in [0, 0.1) is 10.1 Å². The summed E-state index contributed by atoms with van der Waals surface area (Å²) in [5.41, 5.74) is -0.617. The molecule has 1 heterocycles. The first-order valence-corrected chi connectivity index (χ1v) is 5.92. The maximum atomic E-state index is 11.9. The Bertz CT molecular complexity index is 513. The van der Waals surface area contributed by atoms with Crippen molar-refractivity contribution in [3.05, 3.63) is 27.9 Å². The molecule has 8 nitrogen and oxygen atoms in total. The molecule has 1 aromatic rings. The van der Waals surface area contributed by atoms with Gasteiger partial charge in [-0.1, -0.05) is 0 Å². The van der Waals surface area contributed by atoms with Crippen molar-refractivity contribution in [3.63, 3.8) is 0 Å². The molecule has 0 spiro atoms. The predicted octanol–water partition coefficient (Wildman–Crippen LogP) is 1.04. The number of nitro groups is 1. The van der Waals surface area contributed by atoms with Crippen molar-refractivity contribution in [2.45, 2.75) is 6.43 Å². The van der Waals surface area contributed by atoms with E-state index in [2.05, 4.69) is 20.4 Å². The van der Waals surface area contributed by atoms with Crippen LogP contribution in [-0.2, 0) is 4.74 Å². The molecule has 0 fully saturated rings. The highest BCUT2D eigenvalue weighted by Gasteiger charge is 2.21. The molecule has 2 N–H and O–H groups in total. The number of nitrogens with zero attached hydrogens (tertiary/aromatic N) is 2. The second-order valence-electron chi connectivity index (χ2n) is 3.82. The number of carbonyl (C=O) groups excluding carboxylic acids is 1. The Morgan fingerprint density at radius 1 is 1.57 bits per heavy atom. The Balaban J connectivity index is 2.65. The lowest BCUT2D eigenvalue weighted by atomic mass is 10.2. The number of halogens is 2. The summed E-state index contributed by atoms with van der Waals surface area (Å²) in [5.74, 6) is -0.416. The lowest BCUT2D eigenvalue weighted by molar-refractivity contribution is -0.385. The van der Waals surface area contributed by atoms with Crippen LogP contribution < -0.4 is 10.6 Å². The van der Waals surface area contributed by atoms with Gasteiger partial charge < -0.3 is 15.4 Å². The molecule has 0 saturated heterocycles. The number of ether oxygens (including phenoxy) is 1. The number of pyridine rings is 1. The van der Waals surface area contributed by atoms with Gasteiger partial charge in [-0.2, -0.15) is 0 Å². The van der Waals surface area contributed by atoms with Crippen molar-refractivity contribution < 1.29 is 23.2 Å². The zero-order chi connectivity index (χ0) is 15.8. The predicted molar refractivity (Wildman–Crippen MR) is 69.6 cm³/mol. The summed E-state index contributed by atoms with van der Waals surface area (Å²) in [7, 11) is 1.55. The number of anilines is 1. The van der Waals surface area contributed by atoms with Gasteiger partial charge in [-0.05, 0) is 0 Å². The van der Waals surface area contributed by atoms with Gasteiger partial charge in [0.25, 0.3) is 18.0 Å². The Morgan fingerprint density at radius 2 is 2.29 bits per heavy atom. The van der Waals surface area contributed by atoms with Gasteiger partial charge in [-0.25, -0.2) is 13.8 Å². The molecule has 116 valence electrons. The molecule has 1 rings (SSSR count). The Morgan fingerprint density at radius 3 is 2.86 bits per heavy atom. The largest absolute Gasteiger partial charge is 0.374 e. The molecule has 0 aliphatic carbocycles. The third-order valence-electron chi connectivity index (χ3n) is 2.36. The van der Waals surface area contributed by atoms with E-state index in [0.29, 0.717) is 5.82 Å². The minimum Gasteiger partial charge on any atom is -0.374 e. The fourth-order valence-electron chi connectivity index (χ4n) is 1.42. The van der Waals surface area contributed by atoms with Crippen LogP contribution in [0.15, 0.2) is 12.3 Å². The number of amides is 1. The topological polar surface area (TPSA) is 106 Å². The summed E-state index contributed by atoms with van der Waals surface area (Å²) in [6, 6.07) is 1.23. The van der Waals surface area contributed by atoms with E-state index in [1.165, 1.54) is 6.07 Å². The number of rotatable bonds is 8. The van der Waals surface area contributed by atoms with Gasteiger partial charge in [0.1, 0.15) is 24.2 Å². The molecule has 21 heavy (non-hydrogen) atoms. The second kappa shape index (κ2) is 8.04. The quantitative estimate of drug-likeness (QED) is 0.422. The third-order valence-corrected chi connectivity index (χ3v) is 2.36. The van der Waals surface area contributed by atoms with E-state index >= 15 is 0 Å². The average molecular weight is 304 g/mol. The Hall–Kier alpha value is -2.36. The van der Waals surface area contributed by atoms with Crippen LogP contribution in [0.3, 0.4) is 0 Å². The van der Waals surface area contributed by atoms with Crippen LogP contribution in [0.4, 0.5) is 20.3 Å². The standard InChI is InChI=1S/C11H14F2N4O4/c1-14-10-4-7(8(5-16-10)17(19)20)11(18)15-2-3-21-6-9(12)13/h4-5,9H,2-3,6H2,1H3,(H,14,16)(H,15,18). The molecule has 1 aromatic heterocycles. The van der Waals surface area contributed by atoms with Crippen molar-refractivity contribution in [1.29, 1.82) is 0 Å². The van der Waals surface area contributed by atoms with Gasteiger partial charge in [0.2, 0.25) is 0 Å². The molecule has 0 aliphatic rings. The molecular weight excluding hydrogens is 290 g/mol. The molecule has 0 unspecified atom stereocenters. The van der Waals surface area contributed by atoms with Crippen LogP contribution in [0.2, 0.25) is 0 Å². The van der Waals surface area contributed by atoms with E-state index in [1.54, 1.807) is 7.05 Å². The number of alkyl halides is 2. The minimum absolute atomic E-state index is 0.0417. The minimum atomic E-state index is -2.58. The zero-order valence-corrected chi connectivity index (χ0v) is 11.1. The highest BCUT2D eigenvalue weighted by molar-refractivity contribution is 5.98. The summed E-state index contributed by atoms with van der Waals surface area (Å²) in [4.78, 5) is 25.7. The molecule has 0 radical (unpaired) electrons. The maximum absolute atomic E-state index is 11.9. The summed E-state index contributed by atoms with van der Waals surface area (Å²) in [5, 5.41) is 15.8. The van der Waals surface area contributed by atoms with Crippen LogP contribution in [-0.4, -0.2) is 49.0 Å². The van der Waals surface area contributed by atoms with E-state index in [4.69, 9.17) is 0 Å². The van der Waals surface area contributed by atoms with Crippen LogP contribution >= 0.6 is 0 Å². The third kappa shape index (κ3) is 5.26. The van der Waals surface area contributed by atoms with E-state index in [9.17, 15) is 23.7 Å². The molecule has 0 atom stereocenters.